The zero-order chi connectivity index (χ0) is 17.5. The Morgan fingerprint density at radius 3 is 2.16 bits per heavy atom. The second-order valence-corrected chi connectivity index (χ2v) is 7.59. The molecule has 0 saturated carbocycles. The van der Waals surface area contributed by atoms with E-state index in [1.165, 1.54) is 18.4 Å². The molecule has 0 spiro atoms. The molecule has 2 aromatic rings. The van der Waals surface area contributed by atoms with Gasteiger partial charge in [0.25, 0.3) is 0 Å². The van der Waals surface area contributed by atoms with E-state index in [0.29, 0.717) is 0 Å². The van der Waals surface area contributed by atoms with Crippen LogP contribution < -0.4 is 10.0 Å². The van der Waals surface area contributed by atoms with Crippen molar-refractivity contribution in [1.82, 2.24) is 0 Å². The van der Waals surface area contributed by atoms with Crippen molar-refractivity contribution in [3.63, 3.8) is 0 Å². The number of unbranched alkanes of at least 4 members (excludes halogenated alkanes) is 2. The van der Waals surface area contributed by atoms with Crippen LogP contribution in [-0.2, 0) is 0 Å². The van der Waals surface area contributed by atoms with Crippen molar-refractivity contribution < 1.29 is 9.53 Å². The van der Waals surface area contributed by atoms with Gasteiger partial charge in [-0.05, 0) is 64.3 Å². The van der Waals surface area contributed by atoms with Crippen LogP contribution in [0.5, 0.6) is 5.75 Å². The molecule has 25 heavy (non-hydrogen) atoms. The van der Waals surface area contributed by atoms with Crippen LogP contribution in [0, 0.1) is 20.8 Å². The molecular formula is C21H28LiO2P. The number of carbonyl (C=O) groups is 1. The quantitative estimate of drug-likeness (QED) is 0.393. The molecular weight excluding hydrogens is 322 g/mol. The van der Waals surface area contributed by atoms with Gasteiger partial charge in [0.05, 0.1) is 6.61 Å². The Labute approximate surface area is 165 Å². The van der Waals surface area contributed by atoms with Gasteiger partial charge in [-0.1, -0.05) is 49.6 Å². The van der Waals surface area contributed by atoms with Gasteiger partial charge in [0.15, 0.2) is 5.52 Å². The van der Waals surface area contributed by atoms with E-state index in [0.717, 1.165) is 40.8 Å². The predicted octanol–water partition coefficient (Wildman–Crippen LogP) is 4.68. The molecule has 2 nitrogen and oxygen atoms in total. The number of rotatable bonds is 8. The Kier molecular flexibility index (Phi) is 9.51. The molecule has 4 heteroatoms. The minimum atomic E-state index is 0. The zero-order valence-electron chi connectivity index (χ0n) is 15.1. The SMILES string of the molecule is CCCCCOc1ccc(PC(=O)c2c(C)cc(C)cc2C)cc1.[LiH]. The van der Waals surface area contributed by atoms with Gasteiger partial charge in [-0.2, -0.15) is 0 Å². The Morgan fingerprint density at radius 1 is 1.00 bits per heavy atom. The fourth-order valence-corrected chi connectivity index (χ4v) is 4.02. The van der Waals surface area contributed by atoms with Crippen molar-refractivity contribution in [2.75, 3.05) is 6.61 Å². The van der Waals surface area contributed by atoms with Crippen LogP contribution in [-0.4, -0.2) is 31.0 Å². The van der Waals surface area contributed by atoms with Crippen molar-refractivity contribution in [2.45, 2.75) is 47.0 Å². The van der Waals surface area contributed by atoms with Gasteiger partial charge in [-0.25, -0.2) is 0 Å². The number of hydrogen-bond acceptors (Lipinski definition) is 2. The molecule has 1 atom stereocenters. The van der Waals surface area contributed by atoms with Gasteiger partial charge in [-0.15, -0.1) is 0 Å². The second kappa shape index (κ2) is 10.8. The van der Waals surface area contributed by atoms with E-state index in [1.54, 1.807) is 0 Å². The molecule has 0 radical (unpaired) electrons. The standard InChI is InChI=1S/C21H27O2P.Li.H/c1-5-6-7-12-23-18-8-10-19(11-9-18)24-21(22)20-16(3)13-15(2)14-17(20)4;;/h8-11,13-14,24H,5-7,12H2,1-4H3;;. The summed E-state index contributed by atoms with van der Waals surface area (Å²) >= 11 is 0. The van der Waals surface area contributed by atoms with Crippen LogP contribution in [0.25, 0.3) is 0 Å². The molecule has 0 aliphatic carbocycles. The summed E-state index contributed by atoms with van der Waals surface area (Å²) in [5.41, 5.74) is 4.43. The summed E-state index contributed by atoms with van der Waals surface area (Å²) in [5.74, 6) is 0.884. The number of hydrogen-bond donors (Lipinski definition) is 0. The van der Waals surface area contributed by atoms with Gasteiger partial charge >= 0.3 is 18.9 Å². The summed E-state index contributed by atoms with van der Waals surface area (Å²) in [6.45, 7) is 9.05. The molecule has 0 aliphatic rings. The first-order valence-electron chi connectivity index (χ1n) is 8.63. The van der Waals surface area contributed by atoms with Crippen LogP contribution in [0.2, 0.25) is 0 Å². The number of aryl methyl sites for hydroxylation is 3. The number of ether oxygens (including phenoxy) is 1. The van der Waals surface area contributed by atoms with Gasteiger partial charge < -0.3 is 4.74 Å². The van der Waals surface area contributed by atoms with Gasteiger partial charge in [0, 0.05) is 5.56 Å². The monoisotopic (exact) mass is 350 g/mol. The minimum absolute atomic E-state index is 0. The molecule has 0 saturated heterocycles. The maximum atomic E-state index is 12.7. The Hall–Kier alpha value is -1.06. The summed E-state index contributed by atoms with van der Waals surface area (Å²) in [4.78, 5) is 12.7. The first kappa shape index (κ1) is 22.0. The van der Waals surface area contributed by atoms with Gasteiger partial charge in [0.1, 0.15) is 5.75 Å². The third-order valence-electron chi connectivity index (χ3n) is 4.03. The Balaban J connectivity index is 0.00000312. The summed E-state index contributed by atoms with van der Waals surface area (Å²) in [7, 11) is 0.150. The maximum absolute atomic E-state index is 12.7. The van der Waals surface area contributed by atoms with Crippen molar-refractivity contribution in [3.8, 4) is 5.75 Å². The van der Waals surface area contributed by atoms with Crippen LogP contribution in [0.4, 0.5) is 0 Å². The third-order valence-corrected chi connectivity index (χ3v) is 5.13. The predicted molar refractivity (Wildman–Crippen MR) is 112 cm³/mol. The molecule has 0 aliphatic heterocycles. The third kappa shape index (κ3) is 6.63. The zero-order valence-corrected chi connectivity index (χ0v) is 16.1. The van der Waals surface area contributed by atoms with Gasteiger partial charge in [-0.3, -0.25) is 4.79 Å². The molecule has 0 fully saturated rings. The van der Waals surface area contributed by atoms with Crippen LogP contribution >= 0.6 is 8.58 Å². The first-order chi connectivity index (χ1) is 11.5. The van der Waals surface area contributed by atoms with E-state index in [4.69, 9.17) is 4.74 Å². The van der Waals surface area contributed by atoms with E-state index in [9.17, 15) is 4.79 Å². The summed E-state index contributed by atoms with van der Waals surface area (Å²) in [6, 6.07) is 12.1. The van der Waals surface area contributed by atoms with Gasteiger partial charge in [0.2, 0.25) is 0 Å². The van der Waals surface area contributed by atoms with E-state index in [2.05, 4.69) is 26.0 Å². The molecule has 0 N–H and O–H groups in total. The molecule has 0 amide bonds. The summed E-state index contributed by atoms with van der Waals surface area (Å²) in [5, 5.41) is 1.06. The van der Waals surface area contributed by atoms with Crippen LogP contribution in [0.15, 0.2) is 36.4 Å². The van der Waals surface area contributed by atoms with Crippen LogP contribution in [0.3, 0.4) is 0 Å². The van der Waals surface area contributed by atoms with E-state index >= 15 is 0 Å². The Morgan fingerprint density at radius 2 is 1.60 bits per heavy atom. The average Bonchev–Trinajstić information content (AvgIpc) is 2.52. The molecule has 1 unspecified atom stereocenters. The molecule has 130 valence electrons. The molecule has 2 rings (SSSR count). The molecule has 0 bridgehead atoms. The number of benzene rings is 2. The second-order valence-electron chi connectivity index (χ2n) is 6.31. The van der Waals surface area contributed by atoms with Crippen molar-refractivity contribution in [2.24, 2.45) is 0 Å². The van der Waals surface area contributed by atoms with E-state index < -0.39 is 0 Å². The van der Waals surface area contributed by atoms with E-state index in [1.807, 2.05) is 38.1 Å². The van der Waals surface area contributed by atoms with Crippen molar-refractivity contribution in [1.29, 1.82) is 0 Å². The first-order valence-corrected chi connectivity index (χ1v) is 9.63. The molecule has 0 aromatic heterocycles. The molecule has 0 heterocycles. The molecule has 2 aromatic carbocycles. The normalized spacial score (nSPS) is 10.7. The van der Waals surface area contributed by atoms with Crippen LogP contribution in [0.1, 0.15) is 53.2 Å². The van der Waals surface area contributed by atoms with Crippen molar-refractivity contribution >= 4 is 38.3 Å². The summed E-state index contributed by atoms with van der Waals surface area (Å²) in [6.07, 6.45) is 3.48. The fraction of sp³-hybridized carbons (Fsp3) is 0.381. The van der Waals surface area contributed by atoms with E-state index in [-0.39, 0.29) is 33.0 Å². The average molecular weight is 350 g/mol. The Bertz CT molecular complexity index is 673. The fourth-order valence-electron chi connectivity index (χ4n) is 2.91. The topological polar surface area (TPSA) is 26.3 Å². The summed E-state index contributed by atoms with van der Waals surface area (Å²) < 4.78 is 5.72. The van der Waals surface area contributed by atoms with Crippen molar-refractivity contribution in [3.05, 3.63) is 58.7 Å². The number of carbonyl (C=O) groups excluding carboxylic acids is 1.